The van der Waals surface area contributed by atoms with Crippen LogP contribution in [0, 0.1) is 0 Å². The van der Waals surface area contributed by atoms with Gasteiger partial charge in [0.1, 0.15) is 5.75 Å². The Balaban J connectivity index is 2.11. The van der Waals surface area contributed by atoms with E-state index < -0.39 is 0 Å². The van der Waals surface area contributed by atoms with Gasteiger partial charge in [-0.05, 0) is 51.7 Å². The van der Waals surface area contributed by atoms with Gasteiger partial charge in [-0.25, -0.2) is 0 Å². The number of nitrogens with zero attached hydrogens (tertiary/aromatic N) is 1. The van der Waals surface area contributed by atoms with E-state index in [1.165, 1.54) is 0 Å². The monoisotopic (exact) mass is 263 g/mol. The molecule has 0 spiro atoms. The standard InChI is InChI=1S/C16H25NO2/c1-12(2)19-16-7-5-4-6-15(16)17(3)13-8-10-14(18)11-9-13/h4-7,12-14,18H,8-11H2,1-3H3. The summed E-state index contributed by atoms with van der Waals surface area (Å²) in [6.07, 6.45) is 3.99. The number of aliphatic hydroxyl groups excluding tert-OH is 1. The van der Waals surface area contributed by atoms with Crippen LogP contribution in [0.3, 0.4) is 0 Å². The Morgan fingerprint density at radius 2 is 1.79 bits per heavy atom. The molecule has 1 aliphatic carbocycles. The SMILES string of the molecule is CC(C)Oc1ccccc1N(C)C1CCC(O)CC1. The first-order valence-electron chi connectivity index (χ1n) is 7.24. The smallest absolute Gasteiger partial charge is 0.142 e. The lowest BCUT2D eigenvalue weighted by atomic mass is 9.92. The Kier molecular flexibility index (Phi) is 4.70. The first kappa shape index (κ1) is 14.2. The topological polar surface area (TPSA) is 32.7 Å². The van der Waals surface area contributed by atoms with E-state index in [1.807, 2.05) is 26.0 Å². The molecule has 0 unspecified atom stereocenters. The third kappa shape index (κ3) is 3.63. The molecule has 106 valence electrons. The maximum atomic E-state index is 9.61. The number of rotatable bonds is 4. The quantitative estimate of drug-likeness (QED) is 0.905. The van der Waals surface area contributed by atoms with Crippen molar-refractivity contribution in [2.75, 3.05) is 11.9 Å². The highest BCUT2D eigenvalue weighted by molar-refractivity contribution is 5.58. The summed E-state index contributed by atoms with van der Waals surface area (Å²) < 4.78 is 5.89. The van der Waals surface area contributed by atoms with Crippen molar-refractivity contribution in [3.8, 4) is 5.75 Å². The summed E-state index contributed by atoms with van der Waals surface area (Å²) in [5.41, 5.74) is 1.15. The third-order valence-corrected chi connectivity index (χ3v) is 3.82. The Labute approximate surface area is 116 Å². The van der Waals surface area contributed by atoms with Crippen molar-refractivity contribution in [2.45, 2.75) is 57.8 Å². The molecule has 1 aliphatic rings. The Morgan fingerprint density at radius 3 is 2.42 bits per heavy atom. The number of hydrogen-bond acceptors (Lipinski definition) is 3. The molecule has 0 heterocycles. The van der Waals surface area contributed by atoms with E-state index in [-0.39, 0.29) is 12.2 Å². The molecule has 0 atom stereocenters. The summed E-state index contributed by atoms with van der Waals surface area (Å²) in [7, 11) is 2.13. The molecular weight excluding hydrogens is 238 g/mol. The zero-order valence-electron chi connectivity index (χ0n) is 12.2. The van der Waals surface area contributed by atoms with Gasteiger partial charge >= 0.3 is 0 Å². The normalized spacial score (nSPS) is 23.4. The molecule has 0 bridgehead atoms. The van der Waals surface area contributed by atoms with Gasteiger partial charge in [0.2, 0.25) is 0 Å². The summed E-state index contributed by atoms with van der Waals surface area (Å²) in [6, 6.07) is 8.71. The molecule has 2 rings (SSSR count). The molecule has 0 radical (unpaired) electrons. The summed E-state index contributed by atoms with van der Waals surface area (Å²) in [4.78, 5) is 2.31. The highest BCUT2D eigenvalue weighted by atomic mass is 16.5. The van der Waals surface area contributed by atoms with Crippen LogP contribution in [0.1, 0.15) is 39.5 Å². The molecule has 0 aliphatic heterocycles. The van der Waals surface area contributed by atoms with Crippen molar-refractivity contribution < 1.29 is 9.84 Å². The molecule has 1 fully saturated rings. The van der Waals surface area contributed by atoms with E-state index in [0.29, 0.717) is 6.04 Å². The highest BCUT2D eigenvalue weighted by Crippen LogP contribution is 2.33. The van der Waals surface area contributed by atoms with E-state index in [2.05, 4.69) is 24.1 Å². The van der Waals surface area contributed by atoms with Crippen LogP contribution in [0.5, 0.6) is 5.75 Å². The molecule has 0 saturated heterocycles. The largest absolute Gasteiger partial charge is 0.489 e. The van der Waals surface area contributed by atoms with Crippen LogP contribution in [0.4, 0.5) is 5.69 Å². The molecular formula is C16H25NO2. The lowest BCUT2D eigenvalue weighted by molar-refractivity contribution is 0.122. The maximum Gasteiger partial charge on any atom is 0.142 e. The first-order valence-corrected chi connectivity index (χ1v) is 7.24. The fourth-order valence-electron chi connectivity index (χ4n) is 2.74. The minimum Gasteiger partial charge on any atom is -0.489 e. The molecule has 1 saturated carbocycles. The van der Waals surface area contributed by atoms with Gasteiger partial charge < -0.3 is 14.7 Å². The number of benzene rings is 1. The van der Waals surface area contributed by atoms with E-state index in [9.17, 15) is 5.11 Å². The third-order valence-electron chi connectivity index (χ3n) is 3.82. The number of ether oxygens (including phenoxy) is 1. The van der Waals surface area contributed by atoms with Crippen LogP contribution in [0.15, 0.2) is 24.3 Å². The van der Waals surface area contributed by atoms with Crippen LogP contribution >= 0.6 is 0 Å². The molecule has 3 nitrogen and oxygen atoms in total. The van der Waals surface area contributed by atoms with E-state index in [0.717, 1.165) is 37.1 Å². The van der Waals surface area contributed by atoms with E-state index in [1.54, 1.807) is 0 Å². The van der Waals surface area contributed by atoms with Gasteiger partial charge in [0, 0.05) is 13.1 Å². The Hall–Kier alpha value is -1.22. The highest BCUT2D eigenvalue weighted by Gasteiger charge is 2.24. The fourth-order valence-corrected chi connectivity index (χ4v) is 2.74. The van der Waals surface area contributed by atoms with Crippen LogP contribution in [-0.2, 0) is 0 Å². The van der Waals surface area contributed by atoms with Crippen molar-refractivity contribution >= 4 is 5.69 Å². The molecule has 1 aromatic carbocycles. The number of aliphatic hydroxyl groups is 1. The second kappa shape index (κ2) is 6.29. The van der Waals surface area contributed by atoms with Gasteiger partial charge in [0.15, 0.2) is 0 Å². The Bertz CT molecular complexity index is 397. The van der Waals surface area contributed by atoms with Crippen molar-refractivity contribution in [3.63, 3.8) is 0 Å². The van der Waals surface area contributed by atoms with Gasteiger partial charge in [-0.15, -0.1) is 0 Å². The van der Waals surface area contributed by atoms with Gasteiger partial charge in [0.05, 0.1) is 17.9 Å². The molecule has 0 aromatic heterocycles. The van der Waals surface area contributed by atoms with Gasteiger partial charge in [0.25, 0.3) is 0 Å². The summed E-state index contributed by atoms with van der Waals surface area (Å²) in [5.74, 6) is 0.950. The van der Waals surface area contributed by atoms with Crippen molar-refractivity contribution in [1.82, 2.24) is 0 Å². The maximum absolute atomic E-state index is 9.61. The second-order valence-corrected chi connectivity index (χ2v) is 5.71. The van der Waals surface area contributed by atoms with Crippen molar-refractivity contribution in [2.24, 2.45) is 0 Å². The summed E-state index contributed by atoms with van der Waals surface area (Å²) in [6.45, 7) is 4.10. The molecule has 1 aromatic rings. The second-order valence-electron chi connectivity index (χ2n) is 5.71. The minimum atomic E-state index is -0.105. The Morgan fingerprint density at radius 1 is 1.16 bits per heavy atom. The van der Waals surface area contributed by atoms with Crippen LogP contribution in [0.2, 0.25) is 0 Å². The lowest BCUT2D eigenvalue weighted by Crippen LogP contribution is -2.36. The average Bonchev–Trinajstić information content (AvgIpc) is 2.39. The lowest BCUT2D eigenvalue weighted by Gasteiger charge is -2.35. The molecule has 1 N–H and O–H groups in total. The van der Waals surface area contributed by atoms with Crippen molar-refractivity contribution in [1.29, 1.82) is 0 Å². The number of hydrogen-bond donors (Lipinski definition) is 1. The first-order chi connectivity index (χ1) is 9.08. The van der Waals surface area contributed by atoms with E-state index in [4.69, 9.17) is 4.74 Å². The van der Waals surface area contributed by atoms with Crippen LogP contribution in [-0.4, -0.2) is 30.4 Å². The summed E-state index contributed by atoms with van der Waals surface area (Å²) >= 11 is 0. The zero-order chi connectivity index (χ0) is 13.8. The molecule has 3 heteroatoms. The predicted octanol–water partition coefficient (Wildman–Crippen LogP) is 3.21. The van der Waals surface area contributed by atoms with Gasteiger partial charge in [-0.1, -0.05) is 12.1 Å². The average molecular weight is 263 g/mol. The minimum absolute atomic E-state index is 0.105. The van der Waals surface area contributed by atoms with Crippen LogP contribution < -0.4 is 9.64 Å². The molecule has 0 amide bonds. The van der Waals surface area contributed by atoms with Crippen molar-refractivity contribution in [3.05, 3.63) is 24.3 Å². The predicted molar refractivity (Wildman–Crippen MR) is 78.9 cm³/mol. The van der Waals surface area contributed by atoms with Gasteiger partial charge in [-0.2, -0.15) is 0 Å². The number of para-hydroxylation sites is 2. The van der Waals surface area contributed by atoms with Gasteiger partial charge in [-0.3, -0.25) is 0 Å². The summed E-state index contributed by atoms with van der Waals surface area (Å²) in [5, 5.41) is 9.61. The van der Waals surface area contributed by atoms with Crippen LogP contribution in [0.25, 0.3) is 0 Å². The number of anilines is 1. The zero-order valence-corrected chi connectivity index (χ0v) is 12.2. The molecule has 19 heavy (non-hydrogen) atoms. The fraction of sp³-hybridized carbons (Fsp3) is 0.625. The van der Waals surface area contributed by atoms with E-state index >= 15 is 0 Å².